The molecule has 0 aromatic carbocycles. The lowest BCUT2D eigenvalue weighted by Gasteiger charge is -2.03. The molecule has 0 amide bonds. The van der Waals surface area contributed by atoms with Gasteiger partial charge in [-0.1, -0.05) is 6.92 Å². The van der Waals surface area contributed by atoms with E-state index < -0.39 is 6.04 Å². The van der Waals surface area contributed by atoms with Gasteiger partial charge < -0.3 is 5.73 Å². The van der Waals surface area contributed by atoms with E-state index in [-0.39, 0.29) is 5.78 Å². The Balaban J connectivity index is 2.78. The van der Waals surface area contributed by atoms with Crippen molar-refractivity contribution in [1.29, 1.82) is 0 Å². The number of ketones is 1. The van der Waals surface area contributed by atoms with Gasteiger partial charge in [0, 0.05) is 13.2 Å². The van der Waals surface area contributed by atoms with Gasteiger partial charge in [-0.25, -0.2) is 0 Å². The number of Topliss-reactive ketones (excluding diaryl/α,β-unsaturated/α-hetero) is 1. The molecule has 0 saturated carbocycles. The van der Waals surface area contributed by atoms with Crippen molar-refractivity contribution in [3.05, 3.63) is 18.0 Å². The first-order chi connectivity index (χ1) is 5.65. The molecular formula is C8H13N3O. The Morgan fingerprint density at radius 2 is 2.50 bits per heavy atom. The Bertz CT molecular complexity index is 280. The number of aryl methyl sites for hydroxylation is 1. The van der Waals surface area contributed by atoms with Crippen molar-refractivity contribution in [2.75, 3.05) is 0 Å². The van der Waals surface area contributed by atoms with E-state index in [1.807, 2.05) is 6.92 Å². The fraction of sp³-hybridized carbons (Fsp3) is 0.500. The predicted molar refractivity (Wildman–Crippen MR) is 45.8 cm³/mol. The standard InChI is InChI=1S/C8H13N3O/c1-3-7(9)8(12)6-4-10-11(2)5-6/h4-5,7H,3,9H2,1-2H3. The molecule has 1 heterocycles. The van der Waals surface area contributed by atoms with Crippen LogP contribution in [0.5, 0.6) is 0 Å². The summed E-state index contributed by atoms with van der Waals surface area (Å²) < 4.78 is 1.59. The lowest BCUT2D eigenvalue weighted by Crippen LogP contribution is -2.29. The number of nitrogens with two attached hydrogens (primary N) is 1. The van der Waals surface area contributed by atoms with E-state index in [0.29, 0.717) is 12.0 Å². The third-order valence-electron chi connectivity index (χ3n) is 1.77. The van der Waals surface area contributed by atoms with Crippen LogP contribution < -0.4 is 5.73 Å². The highest BCUT2D eigenvalue weighted by Crippen LogP contribution is 2.02. The second-order valence-electron chi connectivity index (χ2n) is 2.78. The van der Waals surface area contributed by atoms with Gasteiger partial charge in [-0.15, -0.1) is 0 Å². The predicted octanol–water partition coefficient (Wildman–Crippen LogP) is 0.340. The molecule has 0 aliphatic heterocycles. The monoisotopic (exact) mass is 167 g/mol. The molecule has 0 aliphatic rings. The number of hydrogen-bond donors (Lipinski definition) is 1. The maximum atomic E-state index is 11.4. The van der Waals surface area contributed by atoms with Crippen LogP contribution in [0.3, 0.4) is 0 Å². The average molecular weight is 167 g/mol. The minimum absolute atomic E-state index is 0.0365. The molecule has 0 aliphatic carbocycles. The maximum Gasteiger partial charge on any atom is 0.182 e. The lowest BCUT2D eigenvalue weighted by molar-refractivity contribution is 0.0959. The lowest BCUT2D eigenvalue weighted by atomic mass is 10.1. The van der Waals surface area contributed by atoms with Crippen LogP contribution in [0.1, 0.15) is 23.7 Å². The Morgan fingerprint density at radius 3 is 2.92 bits per heavy atom. The minimum Gasteiger partial charge on any atom is -0.321 e. The average Bonchev–Trinajstić information content (AvgIpc) is 2.49. The third-order valence-corrected chi connectivity index (χ3v) is 1.77. The van der Waals surface area contributed by atoms with Gasteiger partial charge in [0.15, 0.2) is 5.78 Å². The molecule has 2 N–H and O–H groups in total. The third kappa shape index (κ3) is 1.71. The Labute approximate surface area is 71.4 Å². The van der Waals surface area contributed by atoms with Crippen molar-refractivity contribution in [2.45, 2.75) is 19.4 Å². The topological polar surface area (TPSA) is 60.9 Å². The van der Waals surface area contributed by atoms with Gasteiger partial charge >= 0.3 is 0 Å². The SMILES string of the molecule is CCC(N)C(=O)c1cnn(C)c1. The molecule has 0 saturated heterocycles. The summed E-state index contributed by atoms with van der Waals surface area (Å²) in [5, 5.41) is 3.89. The summed E-state index contributed by atoms with van der Waals surface area (Å²) in [4.78, 5) is 11.4. The fourth-order valence-corrected chi connectivity index (χ4v) is 0.948. The molecule has 1 unspecified atom stereocenters. The van der Waals surface area contributed by atoms with E-state index in [0.717, 1.165) is 0 Å². The summed E-state index contributed by atoms with van der Waals surface area (Å²) in [5.41, 5.74) is 6.16. The van der Waals surface area contributed by atoms with Crippen LogP contribution >= 0.6 is 0 Å². The molecule has 1 aromatic heterocycles. The number of rotatable bonds is 3. The van der Waals surface area contributed by atoms with Gasteiger partial charge in [0.2, 0.25) is 0 Å². The van der Waals surface area contributed by atoms with E-state index in [2.05, 4.69) is 5.10 Å². The van der Waals surface area contributed by atoms with Crippen molar-refractivity contribution in [1.82, 2.24) is 9.78 Å². The summed E-state index contributed by atoms with van der Waals surface area (Å²) in [6, 6.07) is -0.394. The van der Waals surface area contributed by atoms with Gasteiger partial charge in [0.05, 0.1) is 17.8 Å². The molecule has 0 fully saturated rings. The van der Waals surface area contributed by atoms with E-state index >= 15 is 0 Å². The van der Waals surface area contributed by atoms with Crippen molar-refractivity contribution in [2.24, 2.45) is 12.8 Å². The van der Waals surface area contributed by atoms with Crippen LogP contribution in [-0.2, 0) is 7.05 Å². The van der Waals surface area contributed by atoms with Gasteiger partial charge in [-0.05, 0) is 6.42 Å². The van der Waals surface area contributed by atoms with E-state index in [9.17, 15) is 4.79 Å². The maximum absolute atomic E-state index is 11.4. The summed E-state index contributed by atoms with van der Waals surface area (Å²) in [6.07, 6.45) is 3.88. The molecule has 1 rings (SSSR count). The van der Waals surface area contributed by atoms with Crippen LogP contribution in [0, 0.1) is 0 Å². The number of carbonyl (C=O) groups is 1. The molecule has 0 bridgehead atoms. The van der Waals surface area contributed by atoms with Gasteiger partial charge in [0.25, 0.3) is 0 Å². The van der Waals surface area contributed by atoms with E-state index in [1.165, 1.54) is 6.20 Å². The van der Waals surface area contributed by atoms with E-state index in [1.54, 1.807) is 17.9 Å². The van der Waals surface area contributed by atoms with Gasteiger partial charge in [-0.3, -0.25) is 9.48 Å². The molecule has 1 aromatic rings. The zero-order valence-electron chi connectivity index (χ0n) is 7.32. The van der Waals surface area contributed by atoms with Crippen molar-refractivity contribution in [3.63, 3.8) is 0 Å². The zero-order valence-corrected chi connectivity index (χ0v) is 7.32. The molecule has 12 heavy (non-hydrogen) atoms. The smallest absolute Gasteiger partial charge is 0.182 e. The summed E-state index contributed by atoms with van der Waals surface area (Å²) in [5.74, 6) is -0.0365. The van der Waals surface area contributed by atoms with Crippen LogP contribution in [0.2, 0.25) is 0 Å². The largest absolute Gasteiger partial charge is 0.321 e. The number of hydrogen-bond acceptors (Lipinski definition) is 3. The van der Waals surface area contributed by atoms with Crippen LogP contribution in [0.4, 0.5) is 0 Å². The second-order valence-corrected chi connectivity index (χ2v) is 2.78. The summed E-state index contributed by atoms with van der Waals surface area (Å²) in [6.45, 7) is 1.89. The van der Waals surface area contributed by atoms with E-state index in [4.69, 9.17) is 5.73 Å². The van der Waals surface area contributed by atoms with Gasteiger partial charge in [0.1, 0.15) is 0 Å². The van der Waals surface area contributed by atoms with Crippen molar-refractivity contribution in [3.8, 4) is 0 Å². The quantitative estimate of drug-likeness (QED) is 0.660. The normalized spacial score (nSPS) is 12.9. The minimum atomic E-state index is -0.394. The second kappa shape index (κ2) is 3.49. The number of carbonyl (C=O) groups excluding carboxylic acids is 1. The fourth-order valence-electron chi connectivity index (χ4n) is 0.948. The Hall–Kier alpha value is -1.16. The Morgan fingerprint density at radius 1 is 1.83 bits per heavy atom. The molecule has 4 heteroatoms. The molecule has 0 spiro atoms. The molecule has 0 radical (unpaired) electrons. The first kappa shape index (κ1) is 8.93. The van der Waals surface area contributed by atoms with Crippen LogP contribution in [0.15, 0.2) is 12.4 Å². The van der Waals surface area contributed by atoms with Crippen LogP contribution in [-0.4, -0.2) is 21.6 Å². The molecular weight excluding hydrogens is 154 g/mol. The highest BCUT2D eigenvalue weighted by Gasteiger charge is 2.14. The molecule has 4 nitrogen and oxygen atoms in total. The highest BCUT2D eigenvalue weighted by molar-refractivity contribution is 5.99. The molecule has 1 atom stereocenters. The summed E-state index contributed by atoms with van der Waals surface area (Å²) in [7, 11) is 1.77. The Kier molecular flexibility index (Phi) is 2.60. The highest BCUT2D eigenvalue weighted by atomic mass is 16.1. The zero-order chi connectivity index (χ0) is 9.14. The van der Waals surface area contributed by atoms with Crippen molar-refractivity contribution >= 4 is 5.78 Å². The number of aromatic nitrogens is 2. The summed E-state index contributed by atoms with van der Waals surface area (Å²) >= 11 is 0. The first-order valence-corrected chi connectivity index (χ1v) is 3.93. The number of nitrogens with zero attached hydrogens (tertiary/aromatic N) is 2. The molecule has 66 valence electrons. The van der Waals surface area contributed by atoms with Gasteiger partial charge in [-0.2, -0.15) is 5.10 Å². The van der Waals surface area contributed by atoms with Crippen LogP contribution in [0.25, 0.3) is 0 Å². The first-order valence-electron chi connectivity index (χ1n) is 3.93. The van der Waals surface area contributed by atoms with Crippen molar-refractivity contribution < 1.29 is 4.79 Å².